The Morgan fingerprint density at radius 1 is 1.43 bits per heavy atom. The van der Waals surface area contributed by atoms with Crippen LogP contribution in [-0.2, 0) is 10.0 Å². The summed E-state index contributed by atoms with van der Waals surface area (Å²) in [6.45, 7) is 0.982. The third-order valence-electron chi connectivity index (χ3n) is 3.07. The molecule has 1 aliphatic rings. The Labute approximate surface area is 128 Å². The van der Waals surface area contributed by atoms with E-state index in [1.165, 1.54) is 12.3 Å². The fourth-order valence-corrected chi connectivity index (χ4v) is 3.38. The minimum absolute atomic E-state index is 0.0114. The van der Waals surface area contributed by atoms with Gasteiger partial charge in [-0.2, -0.15) is 0 Å². The summed E-state index contributed by atoms with van der Waals surface area (Å²) in [4.78, 5) is 6.13. The van der Waals surface area contributed by atoms with Crippen LogP contribution in [-0.4, -0.2) is 39.7 Å². The molecular weight excluding hydrogens is 317 g/mol. The summed E-state index contributed by atoms with van der Waals surface area (Å²) in [5.74, 6) is 0.573. The molecule has 1 aromatic heterocycles. The van der Waals surface area contributed by atoms with Crippen LogP contribution < -0.4 is 9.62 Å². The summed E-state index contributed by atoms with van der Waals surface area (Å²) in [5.41, 5.74) is 0. The maximum atomic E-state index is 12.0. The SMILES string of the molecule is O=S(=O)(NCCCF)c1cnc(N2CC=CCC2)c(Cl)c1. The molecule has 0 unspecified atom stereocenters. The maximum absolute atomic E-state index is 12.0. The summed E-state index contributed by atoms with van der Waals surface area (Å²) in [6.07, 6.45) is 6.42. The van der Waals surface area contributed by atoms with Crippen LogP contribution in [0.3, 0.4) is 0 Å². The van der Waals surface area contributed by atoms with Crippen LogP contribution in [0.25, 0.3) is 0 Å². The number of rotatable bonds is 6. The molecule has 0 aromatic carbocycles. The van der Waals surface area contributed by atoms with Crippen LogP contribution in [0.1, 0.15) is 12.8 Å². The molecule has 0 amide bonds. The molecule has 0 fully saturated rings. The van der Waals surface area contributed by atoms with Gasteiger partial charge in [0.1, 0.15) is 10.7 Å². The van der Waals surface area contributed by atoms with Crippen LogP contribution in [0.4, 0.5) is 10.2 Å². The predicted molar refractivity (Wildman–Crippen MR) is 81.0 cm³/mol. The van der Waals surface area contributed by atoms with E-state index in [1.54, 1.807) is 0 Å². The lowest BCUT2D eigenvalue weighted by molar-refractivity contribution is 0.470. The molecule has 0 bridgehead atoms. The smallest absolute Gasteiger partial charge is 0.242 e. The molecule has 21 heavy (non-hydrogen) atoms. The van der Waals surface area contributed by atoms with E-state index in [0.717, 1.165) is 13.0 Å². The first-order chi connectivity index (χ1) is 10.0. The molecule has 0 atom stereocenters. The average Bonchev–Trinajstić information content (AvgIpc) is 2.48. The number of nitrogens with zero attached hydrogens (tertiary/aromatic N) is 2. The normalized spacial score (nSPS) is 15.4. The van der Waals surface area contributed by atoms with Gasteiger partial charge in [0.2, 0.25) is 10.0 Å². The second kappa shape index (κ2) is 7.20. The highest BCUT2D eigenvalue weighted by Gasteiger charge is 2.18. The van der Waals surface area contributed by atoms with Crippen molar-refractivity contribution in [3.8, 4) is 0 Å². The molecule has 0 radical (unpaired) electrons. The van der Waals surface area contributed by atoms with Gasteiger partial charge in [0.15, 0.2) is 0 Å². The van der Waals surface area contributed by atoms with Gasteiger partial charge in [-0.25, -0.2) is 18.1 Å². The maximum Gasteiger partial charge on any atom is 0.242 e. The minimum atomic E-state index is -3.70. The highest BCUT2D eigenvalue weighted by Crippen LogP contribution is 2.26. The summed E-state index contributed by atoms with van der Waals surface area (Å²) in [6, 6.07) is 1.37. The number of aromatic nitrogens is 1. The predicted octanol–water partition coefficient (Wildman–Crippen LogP) is 2.14. The number of pyridine rings is 1. The Morgan fingerprint density at radius 3 is 2.86 bits per heavy atom. The quantitative estimate of drug-likeness (QED) is 0.640. The first-order valence-corrected chi connectivity index (χ1v) is 8.52. The lowest BCUT2D eigenvalue weighted by atomic mass is 10.2. The lowest BCUT2D eigenvalue weighted by Gasteiger charge is -2.25. The first kappa shape index (κ1) is 16.2. The molecule has 0 spiro atoms. The third-order valence-corrected chi connectivity index (χ3v) is 4.77. The van der Waals surface area contributed by atoms with E-state index < -0.39 is 16.7 Å². The second-order valence-corrected chi connectivity index (χ2v) is 6.80. The average molecular weight is 334 g/mol. The highest BCUT2D eigenvalue weighted by atomic mass is 35.5. The summed E-state index contributed by atoms with van der Waals surface area (Å²) < 4.78 is 38.3. The van der Waals surface area contributed by atoms with Gasteiger partial charge in [-0.3, -0.25) is 4.39 Å². The van der Waals surface area contributed by atoms with Crippen molar-refractivity contribution in [1.29, 1.82) is 0 Å². The Bertz CT molecular complexity index is 622. The van der Waals surface area contributed by atoms with E-state index in [4.69, 9.17) is 11.6 Å². The van der Waals surface area contributed by atoms with Crippen LogP contribution in [0.15, 0.2) is 29.3 Å². The number of hydrogen-bond donors (Lipinski definition) is 1. The fraction of sp³-hybridized carbons (Fsp3) is 0.462. The standard InChI is InChI=1S/C13H17ClFN3O2S/c14-12-9-11(21(19,20)17-6-4-5-15)10-16-13(12)18-7-2-1-3-8-18/h1-2,9-10,17H,3-8H2. The van der Waals surface area contributed by atoms with Gasteiger partial charge >= 0.3 is 0 Å². The van der Waals surface area contributed by atoms with E-state index in [9.17, 15) is 12.8 Å². The van der Waals surface area contributed by atoms with Gasteiger partial charge in [0.25, 0.3) is 0 Å². The van der Waals surface area contributed by atoms with Crippen molar-refractivity contribution in [3.05, 3.63) is 29.4 Å². The Balaban J connectivity index is 2.16. The molecule has 2 rings (SSSR count). The minimum Gasteiger partial charge on any atom is -0.351 e. The van der Waals surface area contributed by atoms with Crippen LogP contribution in [0.5, 0.6) is 0 Å². The van der Waals surface area contributed by atoms with Crippen molar-refractivity contribution in [3.63, 3.8) is 0 Å². The Morgan fingerprint density at radius 2 is 2.24 bits per heavy atom. The summed E-state index contributed by atoms with van der Waals surface area (Å²) in [5, 5.41) is 0.290. The van der Waals surface area contributed by atoms with Gasteiger partial charge < -0.3 is 4.90 Å². The second-order valence-electron chi connectivity index (χ2n) is 4.62. The molecule has 0 saturated carbocycles. The molecule has 5 nitrogen and oxygen atoms in total. The Hall–Kier alpha value is -1.18. The molecule has 2 heterocycles. The van der Waals surface area contributed by atoms with E-state index in [1.807, 2.05) is 11.0 Å². The number of hydrogen-bond acceptors (Lipinski definition) is 4. The molecule has 1 N–H and O–H groups in total. The third kappa shape index (κ3) is 4.15. The van der Waals surface area contributed by atoms with Gasteiger partial charge in [-0.05, 0) is 18.9 Å². The lowest BCUT2D eigenvalue weighted by Crippen LogP contribution is -2.28. The monoisotopic (exact) mass is 333 g/mol. The van der Waals surface area contributed by atoms with Crippen molar-refractivity contribution in [2.75, 3.05) is 31.2 Å². The number of halogens is 2. The highest BCUT2D eigenvalue weighted by molar-refractivity contribution is 7.89. The van der Waals surface area contributed by atoms with Crippen molar-refractivity contribution in [2.24, 2.45) is 0 Å². The van der Waals surface area contributed by atoms with Crippen LogP contribution in [0.2, 0.25) is 5.02 Å². The van der Waals surface area contributed by atoms with Crippen molar-refractivity contribution in [1.82, 2.24) is 9.71 Å². The molecule has 1 aromatic rings. The van der Waals surface area contributed by atoms with Gasteiger partial charge in [-0.15, -0.1) is 0 Å². The van der Waals surface area contributed by atoms with E-state index in [2.05, 4.69) is 15.8 Å². The molecular formula is C13H17ClFN3O2S. The van der Waals surface area contributed by atoms with Crippen molar-refractivity contribution >= 4 is 27.4 Å². The largest absolute Gasteiger partial charge is 0.351 e. The zero-order chi connectivity index (χ0) is 15.3. The Kier molecular flexibility index (Phi) is 5.55. The fourth-order valence-electron chi connectivity index (χ4n) is 1.98. The van der Waals surface area contributed by atoms with Gasteiger partial charge in [0, 0.05) is 25.8 Å². The number of nitrogens with one attached hydrogen (secondary N) is 1. The van der Waals surface area contributed by atoms with Crippen molar-refractivity contribution < 1.29 is 12.8 Å². The number of sulfonamides is 1. The molecule has 8 heteroatoms. The number of anilines is 1. The number of alkyl halides is 1. The van der Waals surface area contributed by atoms with E-state index in [-0.39, 0.29) is 17.9 Å². The summed E-state index contributed by atoms with van der Waals surface area (Å²) in [7, 11) is -3.70. The van der Waals surface area contributed by atoms with E-state index in [0.29, 0.717) is 17.4 Å². The van der Waals surface area contributed by atoms with Crippen molar-refractivity contribution in [2.45, 2.75) is 17.7 Å². The molecule has 116 valence electrons. The zero-order valence-corrected chi connectivity index (χ0v) is 13.0. The molecule has 0 saturated heterocycles. The first-order valence-electron chi connectivity index (χ1n) is 6.66. The molecule has 0 aliphatic carbocycles. The zero-order valence-electron chi connectivity index (χ0n) is 11.4. The van der Waals surface area contributed by atoms with E-state index >= 15 is 0 Å². The molecule has 1 aliphatic heterocycles. The van der Waals surface area contributed by atoms with Gasteiger partial charge in [0.05, 0.1) is 11.7 Å². The van der Waals surface area contributed by atoms with Crippen LogP contribution in [0, 0.1) is 0 Å². The summed E-state index contributed by atoms with van der Waals surface area (Å²) >= 11 is 6.15. The van der Waals surface area contributed by atoms with Crippen LogP contribution >= 0.6 is 11.6 Å². The van der Waals surface area contributed by atoms with Gasteiger partial charge in [-0.1, -0.05) is 23.8 Å². The topological polar surface area (TPSA) is 62.3 Å².